The molecule has 112 valence electrons. The lowest BCUT2D eigenvalue weighted by Gasteiger charge is -2.42. The number of carbonyl (C=O) groups is 3. The second kappa shape index (κ2) is 5.08. The van der Waals surface area contributed by atoms with Crippen molar-refractivity contribution < 1.29 is 19.1 Å². The van der Waals surface area contributed by atoms with Crippen LogP contribution in [-0.4, -0.2) is 37.0 Å². The van der Waals surface area contributed by atoms with Crippen LogP contribution < -0.4 is 16.0 Å². The molecule has 0 saturated carbocycles. The Labute approximate surface area is 122 Å². The van der Waals surface area contributed by atoms with E-state index in [0.29, 0.717) is 11.4 Å². The highest BCUT2D eigenvalue weighted by atomic mass is 16.5. The molecule has 1 aromatic rings. The fourth-order valence-electron chi connectivity index (χ4n) is 2.23. The molecule has 7 nitrogen and oxygen atoms in total. The van der Waals surface area contributed by atoms with Crippen molar-refractivity contribution in [1.82, 2.24) is 5.32 Å². The van der Waals surface area contributed by atoms with Crippen LogP contribution in [0.3, 0.4) is 0 Å². The molecule has 0 aromatic heterocycles. The van der Waals surface area contributed by atoms with Crippen LogP contribution in [0.1, 0.15) is 24.2 Å². The summed E-state index contributed by atoms with van der Waals surface area (Å²) in [6.07, 6.45) is 0. The fourth-order valence-corrected chi connectivity index (χ4v) is 2.23. The molecule has 2 amide bonds. The molecule has 3 N–H and O–H groups in total. The topological polar surface area (TPSA) is 102 Å². The fraction of sp³-hybridized carbons (Fsp3) is 0.357. The predicted molar refractivity (Wildman–Crippen MR) is 76.8 cm³/mol. The molecule has 7 heteroatoms. The zero-order valence-corrected chi connectivity index (χ0v) is 12.1. The van der Waals surface area contributed by atoms with E-state index in [4.69, 9.17) is 10.5 Å². The normalized spacial score (nSPS) is 17.4. The Bertz CT molecular complexity index is 625. The van der Waals surface area contributed by atoms with Crippen LogP contribution in [0.25, 0.3) is 0 Å². The second-order valence-corrected chi connectivity index (χ2v) is 5.29. The highest BCUT2D eigenvalue weighted by Crippen LogP contribution is 2.31. The Balaban J connectivity index is 2.56. The van der Waals surface area contributed by atoms with Gasteiger partial charge in [0.1, 0.15) is 5.54 Å². The van der Waals surface area contributed by atoms with Gasteiger partial charge in [0.15, 0.2) is 0 Å². The Morgan fingerprint density at radius 1 is 1.38 bits per heavy atom. The molecular formula is C14H17N3O4. The number of ether oxygens (including phenoxy) is 1. The first-order valence-electron chi connectivity index (χ1n) is 6.37. The maximum atomic E-state index is 12.0. The van der Waals surface area contributed by atoms with Crippen LogP contribution in [-0.2, 0) is 14.3 Å². The van der Waals surface area contributed by atoms with E-state index in [9.17, 15) is 14.4 Å². The SMILES string of the molecule is COC(=O)c1cc(N)ccc1N1CC(=O)NC(=O)C1(C)C. The third kappa shape index (κ3) is 2.54. The van der Waals surface area contributed by atoms with Crippen LogP contribution >= 0.6 is 0 Å². The van der Waals surface area contributed by atoms with E-state index in [1.807, 2.05) is 0 Å². The summed E-state index contributed by atoms with van der Waals surface area (Å²) in [5.74, 6) is -1.43. The minimum atomic E-state index is -0.979. The number of esters is 1. The first kappa shape index (κ1) is 14.8. The minimum Gasteiger partial charge on any atom is -0.465 e. The number of nitrogens with one attached hydrogen (secondary N) is 1. The first-order valence-corrected chi connectivity index (χ1v) is 6.37. The molecule has 0 spiro atoms. The van der Waals surface area contributed by atoms with Gasteiger partial charge >= 0.3 is 5.97 Å². The van der Waals surface area contributed by atoms with E-state index in [-0.39, 0.29) is 12.1 Å². The third-order valence-corrected chi connectivity index (χ3v) is 3.50. The maximum Gasteiger partial charge on any atom is 0.340 e. The van der Waals surface area contributed by atoms with E-state index >= 15 is 0 Å². The molecule has 0 bridgehead atoms. The number of amides is 2. The second-order valence-electron chi connectivity index (χ2n) is 5.29. The number of carbonyl (C=O) groups excluding carboxylic acids is 3. The number of hydrogen-bond acceptors (Lipinski definition) is 6. The largest absolute Gasteiger partial charge is 0.465 e. The number of nitrogens with zero attached hydrogens (tertiary/aromatic N) is 1. The molecule has 1 aliphatic rings. The molecule has 0 aliphatic carbocycles. The molecule has 1 saturated heterocycles. The van der Waals surface area contributed by atoms with Gasteiger partial charge in [0.2, 0.25) is 5.91 Å². The highest BCUT2D eigenvalue weighted by molar-refractivity contribution is 6.08. The van der Waals surface area contributed by atoms with Gasteiger partial charge in [-0.25, -0.2) is 4.79 Å². The molecule has 21 heavy (non-hydrogen) atoms. The molecule has 0 unspecified atom stereocenters. The summed E-state index contributed by atoms with van der Waals surface area (Å²) in [5.41, 5.74) is 5.76. The molecule has 0 atom stereocenters. The van der Waals surface area contributed by atoms with Gasteiger partial charge in [0, 0.05) is 5.69 Å². The van der Waals surface area contributed by atoms with Crippen molar-refractivity contribution in [3.05, 3.63) is 23.8 Å². The van der Waals surface area contributed by atoms with E-state index in [1.54, 1.807) is 30.9 Å². The van der Waals surface area contributed by atoms with Gasteiger partial charge in [-0.15, -0.1) is 0 Å². The Kier molecular flexibility index (Phi) is 3.59. The zero-order valence-electron chi connectivity index (χ0n) is 12.1. The predicted octanol–water partition coefficient (Wildman–Crippen LogP) is 0.297. The van der Waals surface area contributed by atoms with Crippen molar-refractivity contribution in [2.45, 2.75) is 19.4 Å². The van der Waals surface area contributed by atoms with E-state index in [2.05, 4.69) is 5.32 Å². The number of imide groups is 1. The zero-order chi connectivity index (χ0) is 15.8. The summed E-state index contributed by atoms with van der Waals surface area (Å²) in [4.78, 5) is 37.1. The molecular weight excluding hydrogens is 274 g/mol. The Morgan fingerprint density at radius 2 is 2.05 bits per heavy atom. The van der Waals surface area contributed by atoms with E-state index in [0.717, 1.165) is 0 Å². The van der Waals surface area contributed by atoms with Gasteiger partial charge in [0.25, 0.3) is 5.91 Å². The standard InChI is InChI=1S/C14H17N3O4/c1-14(2)13(20)16-11(18)7-17(14)10-5-4-8(15)6-9(10)12(19)21-3/h4-6H,7,15H2,1-3H3,(H,16,18,20). The van der Waals surface area contributed by atoms with Gasteiger partial charge in [-0.2, -0.15) is 0 Å². The Morgan fingerprint density at radius 3 is 2.67 bits per heavy atom. The van der Waals surface area contributed by atoms with Crippen molar-refractivity contribution in [2.24, 2.45) is 0 Å². The molecule has 2 rings (SSSR count). The molecule has 1 aromatic carbocycles. The number of anilines is 2. The number of methoxy groups -OCH3 is 1. The van der Waals surface area contributed by atoms with Crippen LogP contribution in [0.4, 0.5) is 11.4 Å². The summed E-state index contributed by atoms with van der Waals surface area (Å²) in [7, 11) is 1.26. The van der Waals surface area contributed by atoms with Crippen LogP contribution in [0.2, 0.25) is 0 Å². The average molecular weight is 291 g/mol. The summed E-state index contributed by atoms with van der Waals surface area (Å²) in [5, 5.41) is 2.28. The number of rotatable bonds is 2. The van der Waals surface area contributed by atoms with Gasteiger partial charge in [-0.3, -0.25) is 14.9 Å². The van der Waals surface area contributed by atoms with Crippen LogP contribution in [0, 0.1) is 0 Å². The highest BCUT2D eigenvalue weighted by Gasteiger charge is 2.42. The van der Waals surface area contributed by atoms with Gasteiger partial charge in [0.05, 0.1) is 24.9 Å². The minimum absolute atomic E-state index is 0.0351. The number of nitrogen functional groups attached to an aromatic ring is 1. The van der Waals surface area contributed by atoms with Crippen molar-refractivity contribution in [1.29, 1.82) is 0 Å². The summed E-state index contributed by atoms with van der Waals surface area (Å²) in [6, 6.07) is 4.68. The van der Waals surface area contributed by atoms with Crippen molar-refractivity contribution in [3.63, 3.8) is 0 Å². The maximum absolute atomic E-state index is 12.0. The van der Waals surface area contributed by atoms with Crippen LogP contribution in [0.5, 0.6) is 0 Å². The molecule has 1 heterocycles. The number of piperazine rings is 1. The summed E-state index contributed by atoms with van der Waals surface area (Å²) in [6.45, 7) is 3.31. The van der Waals surface area contributed by atoms with Crippen LogP contribution in [0.15, 0.2) is 18.2 Å². The molecule has 1 aliphatic heterocycles. The molecule has 0 radical (unpaired) electrons. The summed E-state index contributed by atoms with van der Waals surface area (Å²) < 4.78 is 4.74. The van der Waals surface area contributed by atoms with Gasteiger partial charge in [-0.1, -0.05) is 0 Å². The lowest BCUT2D eigenvalue weighted by Crippen LogP contribution is -2.64. The average Bonchev–Trinajstić information content (AvgIpc) is 2.42. The van der Waals surface area contributed by atoms with E-state index < -0.39 is 23.3 Å². The lowest BCUT2D eigenvalue weighted by atomic mass is 9.96. The number of benzene rings is 1. The number of hydrogen-bond donors (Lipinski definition) is 2. The Hall–Kier alpha value is -2.57. The van der Waals surface area contributed by atoms with Crippen molar-refractivity contribution >= 4 is 29.2 Å². The van der Waals surface area contributed by atoms with Crippen molar-refractivity contribution in [2.75, 3.05) is 24.3 Å². The van der Waals surface area contributed by atoms with E-state index in [1.165, 1.54) is 13.2 Å². The van der Waals surface area contributed by atoms with Crippen molar-refractivity contribution in [3.8, 4) is 0 Å². The van der Waals surface area contributed by atoms with Gasteiger partial charge in [-0.05, 0) is 32.0 Å². The molecule has 1 fully saturated rings. The monoisotopic (exact) mass is 291 g/mol. The van der Waals surface area contributed by atoms with Gasteiger partial charge < -0.3 is 15.4 Å². The first-order chi connectivity index (χ1) is 9.77. The lowest BCUT2D eigenvalue weighted by molar-refractivity contribution is -0.135. The summed E-state index contributed by atoms with van der Waals surface area (Å²) >= 11 is 0. The smallest absolute Gasteiger partial charge is 0.340 e. The number of nitrogens with two attached hydrogens (primary N) is 1. The quantitative estimate of drug-likeness (QED) is 0.461. The third-order valence-electron chi connectivity index (χ3n) is 3.50.